The monoisotopic (exact) mass is 277 g/mol. The number of esters is 1. The molecule has 1 aliphatic rings. The largest absolute Gasteiger partial charge is 0.464 e. The molecule has 4 heteroatoms. The number of nitrogens with zero attached hydrogens (tertiary/aromatic N) is 1. The minimum absolute atomic E-state index is 0.168. The Balaban J connectivity index is 2.49. The molecule has 1 aromatic rings. The lowest BCUT2D eigenvalue weighted by atomic mass is 10.0. The van der Waals surface area contributed by atoms with E-state index in [1.165, 1.54) is 0 Å². The summed E-state index contributed by atoms with van der Waals surface area (Å²) in [5.74, 6) is -0.168. The maximum Gasteiger partial charge on any atom is 0.329 e. The van der Waals surface area contributed by atoms with Crippen LogP contribution in [0.1, 0.15) is 30.9 Å². The standard InChI is InChI=1S/C15H19NO2S/c1-4-13(19)16(12-8-9-18-15(12)17)14-10(2)6-5-7-11(14)3/h5-7,12H,4,8-9H2,1-3H3. The van der Waals surface area contributed by atoms with Crippen LogP contribution in [0.4, 0.5) is 5.69 Å². The van der Waals surface area contributed by atoms with E-state index in [0.717, 1.165) is 28.2 Å². The van der Waals surface area contributed by atoms with Crippen molar-refractivity contribution in [1.29, 1.82) is 0 Å². The third-order valence-electron chi connectivity index (χ3n) is 3.47. The summed E-state index contributed by atoms with van der Waals surface area (Å²) in [6.07, 6.45) is 1.44. The predicted molar refractivity (Wildman–Crippen MR) is 80.6 cm³/mol. The summed E-state index contributed by atoms with van der Waals surface area (Å²) in [5, 5.41) is 0. The molecule has 0 aromatic heterocycles. The number of ether oxygens (including phenoxy) is 1. The number of carbonyl (C=O) groups excluding carboxylic acids is 1. The first kappa shape index (κ1) is 14.0. The van der Waals surface area contributed by atoms with Crippen LogP contribution in [-0.2, 0) is 9.53 Å². The minimum Gasteiger partial charge on any atom is -0.464 e. The summed E-state index contributed by atoms with van der Waals surface area (Å²) < 4.78 is 5.10. The highest BCUT2D eigenvalue weighted by Gasteiger charge is 2.35. The molecule has 1 aromatic carbocycles. The maximum absolute atomic E-state index is 11.9. The van der Waals surface area contributed by atoms with Gasteiger partial charge in [-0.15, -0.1) is 0 Å². The van der Waals surface area contributed by atoms with Crippen LogP contribution in [0.5, 0.6) is 0 Å². The second-order valence-corrected chi connectivity index (χ2v) is 5.30. The Morgan fingerprint density at radius 1 is 1.42 bits per heavy atom. The molecule has 0 amide bonds. The van der Waals surface area contributed by atoms with E-state index in [-0.39, 0.29) is 12.0 Å². The van der Waals surface area contributed by atoms with Gasteiger partial charge in [-0.2, -0.15) is 0 Å². The van der Waals surface area contributed by atoms with Crippen LogP contribution in [0.2, 0.25) is 0 Å². The van der Waals surface area contributed by atoms with Gasteiger partial charge in [-0.1, -0.05) is 37.3 Å². The Labute approximate surface area is 119 Å². The molecule has 0 saturated carbocycles. The van der Waals surface area contributed by atoms with Crippen LogP contribution < -0.4 is 4.90 Å². The smallest absolute Gasteiger partial charge is 0.329 e. The third kappa shape index (κ3) is 2.63. The number of para-hydroxylation sites is 1. The highest BCUT2D eigenvalue weighted by atomic mass is 32.1. The number of thiocarbonyl (C=S) groups is 1. The molecule has 0 aliphatic carbocycles. The lowest BCUT2D eigenvalue weighted by Gasteiger charge is -2.31. The Morgan fingerprint density at radius 2 is 2.05 bits per heavy atom. The SMILES string of the molecule is CCC(=S)N(c1c(C)cccc1C)C1CCOC1=O. The Hall–Kier alpha value is -1.42. The number of cyclic esters (lactones) is 1. The van der Waals surface area contributed by atoms with Crippen LogP contribution in [0.15, 0.2) is 18.2 Å². The first-order chi connectivity index (χ1) is 9.06. The lowest BCUT2D eigenvalue weighted by molar-refractivity contribution is -0.138. The van der Waals surface area contributed by atoms with Gasteiger partial charge in [-0.05, 0) is 31.4 Å². The summed E-state index contributed by atoms with van der Waals surface area (Å²) in [6, 6.07) is 5.85. The third-order valence-corrected chi connectivity index (χ3v) is 3.96. The summed E-state index contributed by atoms with van der Waals surface area (Å²) in [6.45, 7) is 6.60. The van der Waals surface area contributed by atoms with Gasteiger partial charge < -0.3 is 9.64 Å². The molecule has 2 rings (SSSR count). The molecule has 3 nitrogen and oxygen atoms in total. The number of aryl methyl sites for hydroxylation is 2. The Morgan fingerprint density at radius 3 is 2.53 bits per heavy atom. The van der Waals surface area contributed by atoms with Crippen molar-refractivity contribution in [1.82, 2.24) is 0 Å². The summed E-state index contributed by atoms with van der Waals surface area (Å²) >= 11 is 5.49. The molecular formula is C15H19NO2S. The van der Waals surface area contributed by atoms with Gasteiger partial charge in [-0.25, -0.2) is 4.79 Å². The fraction of sp³-hybridized carbons (Fsp3) is 0.467. The van der Waals surface area contributed by atoms with Crippen molar-refractivity contribution in [2.45, 2.75) is 39.7 Å². The van der Waals surface area contributed by atoms with Gasteiger partial charge in [0.05, 0.1) is 11.6 Å². The molecule has 1 fully saturated rings. The number of rotatable bonds is 3. The average molecular weight is 277 g/mol. The fourth-order valence-electron chi connectivity index (χ4n) is 2.53. The quantitative estimate of drug-likeness (QED) is 0.627. The molecule has 1 saturated heterocycles. The molecule has 0 spiro atoms. The van der Waals surface area contributed by atoms with Gasteiger partial charge >= 0.3 is 5.97 Å². The molecule has 1 unspecified atom stereocenters. The van der Waals surface area contributed by atoms with Crippen molar-refractivity contribution in [3.05, 3.63) is 29.3 Å². The van der Waals surface area contributed by atoms with Crippen LogP contribution in [0.3, 0.4) is 0 Å². The number of hydrogen-bond acceptors (Lipinski definition) is 3. The van der Waals surface area contributed by atoms with E-state index in [0.29, 0.717) is 13.0 Å². The number of carbonyl (C=O) groups is 1. The number of benzene rings is 1. The predicted octanol–water partition coefficient (Wildman–Crippen LogP) is 3.16. The van der Waals surface area contributed by atoms with Gasteiger partial charge in [0, 0.05) is 12.1 Å². The van der Waals surface area contributed by atoms with E-state index in [1.54, 1.807) is 0 Å². The van der Waals surface area contributed by atoms with Gasteiger partial charge in [0.2, 0.25) is 0 Å². The molecule has 0 N–H and O–H groups in total. The van der Waals surface area contributed by atoms with Crippen molar-refractivity contribution >= 4 is 28.9 Å². The zero-order valence-electron chi connectivity index (χ0n) is 11.6. The zero-order chi connectivity index (χ0) is 14.0. The fourth-order valence-corrected chi connectivity index (χ4v) is 2.75. The van der Waals surface area contributed by atoms with Gasteiger partial charge in [0.15, 0.2) is 0 Å². The normalized spacial score (nSPS) is 18.3. The van der Waals surface area contributed by atoms with Crippen molar-refractivity contribution in [2.75, 3.05) is 11.5 Å². The van der Waals surface area contributed by atoms with Crippen LogP contribution in [0, 0.1) is 13.8 Å². The molecule has 1 aliphatic heterocycles. The maximum atomic E-state index is 11.9. The molecule has 102 valence electrons. The molecule has 0 bridgehead atoms. The van der Waals surface area contributed by atoms with Crippen LogP contribution >= 0.6 is 12.2 Å². The van der Waals surface area contributed by atoms with Crippen LogP contribution in [0.25, 0.3) is 0 Å². The highest BCUT2D eigenvalue weighted by Crippen LogP contribution is 2.30. The van der Waals surface area contributed by atoms with Crippen molar-refractivity contribution in [3.63, 3.8) is 0 Å². The van der Waals surface area contributed by atoms with E-state index in [9.17, 15) is 4.79 Å². The molecular weight excluding hydrogens is 258 g/mol. The van der Waals surface area contributed by atoms with Gasteiger partial charge in [0.25, 0.3) is 0 Å². The Bertz CT molecular complexity index is 493. The lowest BCUT2D eigenvalue weighted by Crippen LogP contribution is -2.42. The number of anilines is 1. The van der Waals surface area contributed by atoms with Crippen molar-refractivity contribution in [2.24, 2.45) is 0 Å². The van der Waals surface area contributed by atoms with E-state index < -0.39 is 0 Å². The highest BCUT2D eigenvalue weighted by molar-refractivity contribution is 7.80. The molecule has 1 heterocycles. The summed E-state index contributed by atoms with van der Waals surface area (Å²) in [4.78, 5) is 14.7. The van der Waals surface area contributed by atoms with E-state index in [2.05, 4.69) is 0 Å². The summed E-state index contributed by atoms with van der Waals surface area (Å²) in [7, 11) is 0. The first-order valence-corrected chi connectivity index (χ1v) is 7.02. The number of hydrogen-bond donors (Lipinski definition) is 0. The van der Waals surface area contributed by atoms with E-state index >= 15 is 0 Å². The minimum atomic E-state index is -0.271. The molecule has 1 atom stereocenters. The van der Waals surface area contributed by atoms with E-state index in [4.69, 9.17) is 17.0 Å². The van der Waals surface area contributed by atoms with E-state index in [1.807, 2.05) is 43.9 Å². The van der Waals surface area contributed by atoms with Crippen molar-refractivity contribution < 1.29 is 9.53 Å². The first-order valence-electron chi connectivity index (χ1n) is 6.61. The van der Waals surface area contributed by atoms with Crippen molar-refractivity contribution in [3.8, 4) is 0 Å². The van der Waals surface area contributed by atoms with Crippen LogP contribution in [-0.4, -0.2) is 23.6 Å². The second-order valence-electron chi connectivity index (χ2n) is 4.83. The molecule has 0 radical (unpaired) electrons. The van der Waals surface area contributed by atoms with Gasteiger partial charge in [-0.3, -0.25) is 0 Å². The Kier molecular flexibility index (Phi) is 4.20. The second kappa shape index (κ2) is 5.70. The average Bonchev–Trinajstić information content (AvgIpc) is 2.79. The van der Waals surface area contributed by atoms with Gasteiger partial charge in [0.1, 0.15) is 6.04 Å². The molecule has 19 heavy (non-hydrogen) atoms. The summed E-state index contributed by atoms with van der Waals surface area (Å²) in [5.41, 5.74) is 3.32. The topological polar surface area (TPSA) is 29.5 Å². The zero-order valence-corrected chi connectivity index (χ0v) is 12.4.